The van der Waals surface area contributed by atoms with Crippen LogP contribution in [-0.2, 0) is 23.4 Å². The Morgan fingerprint density at radius 1 is 1.25 bits per heavy atom. The number of hydrogen-bond donors (Lipinski definition) is 5. The van der Waals surface area contributed by atoms with Crippen LogP contribution in [0.2, 0.25) is 0 Å². The zero-order chi connectivity index (χ0) is 26.5. The van der Waals surface area contributed by atoms with E-state index in [1.807, 2.05) is 6.92 Å². The van der Waals surface area contributed by atoms with Crippen molar-refractivity contribution < 1.29 is 33.4 Å². The highest BCUT2D eigenvalue weighted by Crippen LogP contribution is 2.34. The summed E-state index contributed by atoms with van der Waals surface area (Å²) in [5, 5.41) is 15.0. The van der Waals surface area contributed by atoms with Crippen LogP contribution in [0.15, 0.2) is 21.9 Å². The van der Waals surface area contributed by atoms with Crippen LogP contribution in [0.25, 0.3) is 6.08 Å². The first-order valence-corrected chi connectivity index (χ1v) is 13.3. The second-order valence-electron chi connectivity index (χ2n) is 8.36. The van der Waals surface area contributed by atoms with Crippen LogP contribution < -0.4 is 21.9 Å². The lowest BCUT2D eigenvalue weighted by Crippen LogP contribution is -2.33. The number of nitrogens with one attached hydrogen (secondary N) is 3. The second kappa shape index (κ2) is 15.5. The number of rotatable bonds is 15. The van der Waals surface area contributed by atoms with Crippen LogP contribution in [0.3, 0.4) is 0 Å². The minimum Gasteiger partial charge on any atom is -0.394 e. The van der Waals surface area contributed by atoms with Gasteiger partial charge in [0.05, 0.1) is 18.3 Å². The Bertz CT molecular complexity index is 1040. The summed E-state index contributed by atoms with van der Waals surface area (Å²) in [5.74, 6) is -0.340. The Kier molecular flexibility index (Phi) is 12.8. The lowest BCUT2D eigenvalue weighted by Gasteiger charge is -2.15. The molecule has 0 spiro atoms. The topological polar surface area (TPSA) is 189 Å². The van der Waals surface area contributed by atoms with Crippen LogP contribution in [0, 0.1) is 0 Å². The van der Waals surface area contributed by atoms with Gasteiger partial charge >= 0.3 is 13.9 Å². The maximum atomic E-state index is 12.3. The molecule has 2 rings (SSSR count). The lowest BCUT2D eigenvalue weighted by atomic mass is 10.2. The van der Waals surface area contributed by atoms with E-state index in [-0.39, 0.29) is 17.9 Å². The van der Waals surface area contributed by atoms with Gasteiger partial charge in [0.1, 0.15) is 12.3 Å². The highest BCUT2D eigenvalue weighted by atomic mass is 31.1. The van der Waals surface area contributed by atoms with E-state index in [1.54, 1.807) is 0 Å². The molecule has 0 radical (unpaired) electrons. The Balaban J connectivity index is 1.83. The highest BCUT2D eigenvalue weighted by Gasteiger charge is 2.38. The maximum Gasteiger partial charge on any atom is 0.330 e. The molecule has 5 N–H and O–H groups in total. The third-order valence-electron chi connectivity index (χ3n) is 5.53. The van der Waals surface area contributed by atoms with E-state index in [4.69, 9.17) is 14.2 Å². The number of amides is 2. The fourth-order valence-corrected chi connectivity index (χ4v) is 4.21. The summed E-state index contributed by atoms with van der Waals surface area (Å²) in [4.78, 5) is 59.0. The van der Waals surface area contributed by atoms with Crippen LogP contribution in [0.5, 0.6) is 0 Å². The zero-order valence-corrected chi connectivity index (χ0v) is 21.2. The molecule has 36 heavy (non-hydrogen) atoms. The first-order valence-electron chi connectivity index (χ1n) is 12.0. The summed E-state index contributed by atoms with van der Waals surface area (Å²) in [5.41, 5.74) is -1.44. The fraction of sp³-hybridized carbons (Fsp3) is 0.636. The molecule has 0 saturated carbocycles. The summed E-state index contributed by atoms with van der Waals surface area (Å²) >= 11 is 0. The highest BCUT2D eigenvalue weighted by molar-refractivity contribution is 7.32. The van der Waals surface area contributed by atoms with E-state index < -0.39 is 50.5 Å². The summed E-state index contributed by atoms with van der Waals surface area (Å²) in [6.07, 6.45) is 5.72. The average Bonchev–Trinajstić information content (AvgIpc) is 3.22. The van der Waals surface area contributed by atoms with Gasteiger partial charge in [0.15, 0.2) is 0 Å². The van der Waals surface area contributed by atoms with Gasteiger partial charge in [-0.15, -0.1) is 0 Å². The molecule has 2 unspecified atom stereocenters. The number of unbranched alkanes of at least 4 members (excludes halogenated alkanes) is 3. The third-order valence-corrected chi connectivity index (χ3v) is 6.04. The molecular formula is C22H35N4O9P. The predicted molar refractivity (Wildman–Crippen MR) is 131 cm³/mol. The van der Waals surface area contributed by atoms with Gasteiger partial charge in [-0.2, -0.15) is 0 Å². The quantitative estimate of drug-likeness (QED) is 0.120. The van der Waals surface area contributed by atoms with E-state index in [1.165, 1.54) is 18.3 Å². The van der Waals surface area contributed by atoms with Crippen molar-refractivity contribution in [3.05, 3.63) is 38.7 Å². The molecule has 1 aliphatic rings. The molecule has 1 aromatic rings. The molecule has 202 valence electrons. The van der Waals surface area contributed by atoms with Gasteiger partial charge in [0.2, 0.25) is 11.8 Å². The van der Waals surface area contributed by atoms with Crippen molar-refractivity contribution in [2.45, 2.75) is 70.3 Å². The summed E-state index contributed by atoms with van der Waals surface area (Å²) in [6.45, 7) is 2.56. The lowest BCUT2D eigenvalue weighted by molar-refractivity contribution is -0.121. The van der Waals surface area contributed by atoms with E-state index in [9.17, 15) is 28.8 Å². The van der Waals surface area contributed by atoms with Gasteiger partial charge in [0.25, 0.3) is 5.56 Å². The van der Waals surface area contributed by atoms with Crippen LogP contribution in [0.1, 0.15) is 63.7 Å². The van der Waals surface area contributed by atoms with Crippen molar-refractivity contribution in [3.8, 4) is 0 Å². The summed E-state index contributed by atoms with van der Waals surface area (Å²) < 4.78 is 22.5. The smallest absolute Gasteiger partial charge is 0.330 e. The largest absolute Gasteiger partial charge is 0.394 e. The van der Waals surface area contributed by atoms with E-state index in [0.29, 0.717) is 19.5 Å². The first-order chi connectivity index (χ1) is 17.2. The Hall–Kier alpha value is -2.57. The molecule has 13 nitrogen and oxygen atoms in total. The molecule has 2 amide bonds. The molecule has 14 heteroatoms. The van der Waals surface area contributed by atoms with Gasteiger partial charge in [-0.1, -0.05) is 19.8 Å². The van der Waals surface area contributed by atoms with Crippen molar-refractivity contribution in [3.63, 3.8) is 0 Å². The molecule has 1 fully saturated rings. The Morgan fingerprint density at radius 2 is 1.94 bits per heavy atom. The second-order valence-corrected chi connectivity index (χ2v) is 9.13. The molecule has 1 aromatic heterocycles. The standard InChI is InChI=1S/C22H35N4O9P/c1-2-7-18(28)23-10-5-3-4-6-11-24-19(29)9-8-15-13-26(22(31)25-21(15)30)20-12-16(35-36(32)33)17(14-27)34-20/h8-9,13,16-17,20,27,36H,2-7,10-12,14H2,1H3,(H,23,28)(H,24,29)(H,32,33)(H,25,30,31)/b9-8+/t16?,17-,20-/m1/s1. The predicted octanol–water partition coefficient (Wildman–Crippen LogP) is 0.190. The molecular weight excluding hydrogens is 495 g/mol. The van der Waals surface area contributed by atoms with Crippen molar-refractivity contribution >= 4 is 26.1 Å². The number of H-pyrrole nitrogens is 1. The molecule has 2 heterocycles. The number of carbonyl (C=O) groups is 2. The molecule has 4 atom stereocenters. The van der Waals surface area contributed by atoms with Crippen molar-refractivity contribution in [1.82, 2.24) is 20.2 Å². The molecule has 0 bridgehead atoms. The average molecular weight is 531 g/mol. The number of nitrogens with zero attached hydrogens (tertiary/aromatic N) is 1. The molecule has 0 aromatic carbocycles. The number of aliphatic hydroxyl groups is 1. The third kappa shape index (κ3) is 9.82. The monoisotopic (exact) mass is 530 g/mol. The number of carbonyl (C=O) groups excluding carboxylic acids is 2. The minimum absolute atomic E-state index is 0.00287. The molecule has 1 aliphatic heterocycles. The van der Waals surface area contributed by atoms with Gasteiger partial charge in [-0.05, 0) is 25.3 Å². The first kappa shape index (κ1) is 29.7. The molecule has 0 aliphatic carbocycles. The Labute approximate surface area is 208 Å². The van der Waals surface area contributed by atoms with Crippen LogP contribution >= 0.6 is 8.25 Å². The maximum absolute atomic E-state index is 12.3. The number of hydrogen-bond acceptors (Lipinski definition) is 8. The van der Waals surface area contributed by atoms with E-state index in [0.717, 1.165) is 36.7 Å². The Morgan fingerprint density at radius 3 is 2.58 bits per heavy atom. The normalized spacial score (nSPS) is 20.5. The molecule has 1 saturated heterocycles. The summed E-state index contributed by atoms with van der Waals surface area (Å²) in [7, 11) is -3.28. The van der Waals surface area contributed by atoms with Gasteiger partial charge in [-0.3, -0.25) is 28.5 Å². The van der Waals surface area contributed by atoms with Crippen molar-refractivity contribution in [1.29, 1.82) is 0 Å². The number of aliphatic hydroxyl groups excluding tert-OH is 1. The van der Waals surface area contributed by atoms with Crippen LogP contribution in [-0.4, -0.2) is 63.3 Å². The number of aromatic nitrogens is 2. The van der Waals surface area contributed by atoms with E-state index >= 15 is 0 Å². The fourth-order valence-electron chi connectivity index (χ4n) is 3.71. The van der Waals surface area contributed by atoms with Gasteiger partial charge in [0, 0.05) is 38.2 Å². The van der Waals surface area contributed by atoms with E-state index in [2.05, 4.69) is 15.6 Å². The number of aromatic amines is 1. The van der Waals surface area contributed by atoms with Gasteiger partial charge < -0.3 is 29.9 Å². The van der Waals surface area contributed by atoms with Crippen molar-refractivity contribution in [2.75, 3.05) is 19.7 Å². The van der Waals surface area contributed by atoms with Gasteiger partial charge in [-0.25, -0.2) is 4.79 Å². The van der Waals surface area contributed by atoms with Crippen LogP contribution in [0.4, 0.5) is 0 Å². The zero-order valence-electron chi connectivity index (χ0n) is 20.2. The SMILES string of the molecule is CCCC(=O)NCCCCCCNC(=O)/C=C/c1cn([C@H]2CC(O[PH](=O)O)[C@@H](CO)O2)c(=O)[nH]c1=O. The minimum atomic E-state index is -3.28. The summed E-state index contributed by atoms with van der Waals surface area (Å²) in [6, 6.07) is 0. The number of ether oxygens (including phenoxy) is 1. The van der Waals surface area contributed by atoms with Crippen molar-refractivity contribution in [2.24, 2.45) is 0 Å².